The lowest BCUT2D eigenvalue weighted by Crippen LogP contribution is -3.14. The lowest BCUT2D eigenvalue weighted by molar-refractivity contribution is -0.928. The molecule has 2 aromatic rings. The molecule has 1 aliphatic rings. The van der Waals surface area contributed by atoms with Crippen molar-refractivity contribution in [2.45, 2.75) is 46.4 Å². The smallest absolute Gasteiger partial charge is 0.336 e. The van der Waals surface area contributed by atoms with Gasteiger partial charge in [-0.1, -0.05) is 0 Å². The fourth-order valence-corrected chi connectivity index (χ4v) is 3.43. The van der Waals surface area contributed by atoms with Gasteiger partial charge in [0.05, 0.1) is 0 Å². The molecule has 0 saturated carbocycles. The van der Waals surface area contributed by atoms with Gasteiger partial charge in [0.2, 0.25) is 0 Å². The van der Waals surface area contributed by atoms with E-state index in [0.29, 0.717) is 5.58 Å². The van der Waals surface area contributed by atoms with Crippen LogP contribution in [0.5, 0.6) is 0 Å². The van der Waals surface area contributed by atoms with E-state index in [1.807, 2.05) is 13.0 Å². The van der Waals surface area contributed by atoms with Crippen LogP contribution in [-0.2, 0) is 11.3 Å². The van der Waals surface area contributed by atoms with Gasteiger partial charge in [-0.3, -0.25) is 0 Å². The number of fused-ring (bicyclic) bond motifs is 1. The normalized spacial score (nSPS) is 25.5. The molecule has 1 N–H and O–H groups in total. The predicted molar refractivity (Wildman–Crippen MR) is 86.4 cm³/mol. The summed E-state index contributed by atoms with van der Waals surface area (Å²) in [4.78, 5) is 13.3. The molecule has 118 valence electrons. The van der Waals surface area contributed by atoms with Crippen LogP contribution in [-0.4, -0.2) is 25.3 Å². The van der Waals surface area contributed by atoms with Crippen LogP contribution in [0.25, 0.3) is 11.0 Å². The second kappa shape index (κ2) is 5.86. The number of hydrogen-bond donors (Lipinski definition) is 1. The van der Waals surface area contributed by atoms with Crippen molar-refractivity contribution < 1.29 is 14.1 Å². The van der Waals surface area contributed by atoms with Gasteiger partial charge < -0.3 is 14.1 Å². The molecule has 4 nitrogen and oxygen atoms in total. The van der Waals surface area contributed by atoms with Crippen molar-refractivity contribution in [3.8, 4) is 0 Å². The highest BCUT2D eigenvalue weighted by Gasteiger charge is 2.26. The van der Waals surface area contributed by atoms with Crippen LogP contribution in [0.3, 0.4) is 0 Å². The largest absolute Gasteiger partial charge is 0.423 e. The number of ether oxygens (including phenoxy) is 1. The molecule has 1 aromatic carbocycles. The molecule has 1 saturated heterocycles. The van der Waals surface area contributed by atoms with Gasteiger partial charge in [-0.05, 0) is 51.0 Å². The molecule has 0 aliphatic carbocycles. The molecule has 1 aromatic heterocycles. The third-order valence-corrected chi connectivity index (χ3v) is 4.50. The summed E-state index contributed by atoms with van der Waals surface area (Å²) in [6, 6.07) is 5.75. The highest BCUT2D eigenvalue weighted by Crippen LogP contribution is 2.21. The van der Waals surface area contributed by atoms with Crippen molar-refractivity contribution in [1.29, 1.82) is 0 Å². The van der Waals surface area contributed by atoms with E-state index in [0.717, 1.165) is 36.1 Å². The Balaban J connectivity index is 1.99. The number of aryl methyl sites for hydroxylation is 2. The fourth-order valence-electron chi connectivity index (χ4n) is 3.43. The van der Waals surface area contributed by atoms with Crippen molar-refractivity contribution in [2.24, 2.45) is 0 Å². The second-order valence-corrected chi connectivity index (χ2v) is 6.62. The maximum absolute atomic E-state index is 11.9. The molecular weight excluding hydrogens is 278 g/mol. The first-order chi connectivity index (χ1) is 10.4. The third kappa shape index (κ3) is 3.08. The molecule has 0 radical (unpaired) electrons. The summed E-state index contributed by atoms with van der Waals surface area (Å²) < 4.78 is 11.2. The molecule has 1 unspecified atom stereocenters. The molecular formula is C18H24NO3+. The highest BCUT2D eigenvalue weighted by molar-refractivity contribution is 5.81. The van der Waals surface area contributed by atoms with Crippen LogP contribution in [0, 0.1) is 13.8 Å². The van der Waals surface area contributed by atoms with E-state index >= 15 is 0 Å². The summed E-state index contributed by atoms with van der Waals surface area (Å²) in [5.41, 5.74) is 3.87. The van der Waals surface area contributed by atoms with E-state index in [1.165, 1.54) is 10.5 Å². The Kier molecular flexibility index (Phi) is 4.06. The number of hydrogen-bond acceptors (Lipinski definition) is 3. The Morgan fingerprint density at radius 1 is 1.09 bits per heavy atom. The molecule has 3 rings (SSSR count). The van der Waals surface area contributed by atoms with Gasteiger partial charge in [0.25, 0.3) is 0 Å². The first-order valence-electron chi connectivity index (χ1n) is 7.95. The van der Waals surface area contributed by atoms with Gasteiger partial charge in [-0.2, -0.15) is 0 Å². The Morgan fingerprint density at radius 3 is 2.41 bits per heavy atom. The molecule has 0 bridgehead atoms. The maximum Gasteiger partial charge on any atom is 0.336 e. The summed E-state index contributed by atoms with van der Waals surface area (Å²) in [7, 11) is 0. The summed E-state index contributed by atoms with van der Waals surface area (Å²) in [5.74, 6) is 0. The number of benzene rings is 1. The SMILES string of the molecule is Cc1cc2oc(=O)cc(C[NH+]3C[C@@H](C)O[C@@H](C)C3)c2cc1C. The van der Waals surface area contributed by atoms with E-state index in [1.54, 1.807) is 6.07 Å². The first kappa shape index (κ1) is 15.3. The van der Waals surface area contributed by atoms with Crippen molar-refractivity contribution in [3.05, 3.63) is 45.3 Å². The van der Waals surface area contributed by atoms with Gasteiger partial charge in [-0.15, -0.1) is 0 Å². The first-order valence-corrected chi connectivity index (χ1v) is 7.95. The van der Waals surface area contributed by atoms with E-state index < -0.39 is 0 Å². The zero-order valence-electron chi connectivity index (χ0n) is 13.7. The quantitative estimate of drug-likeness (QED) is 0.857. The molecule has 0 spiro atoms. The van der Waals surface area contributed by atoms with Crippen LogP contribution >= 0.6 is 0 Å². The van der Waals surface area contributed by atoms with Crippen molar-refractivity contribution >= 4 is 11.0 Å². The average Bonchev–Trinajstić information content (AvgIpc) is 2.39. The predicted octanol–water partition coefficient (Wildman–Crippen LogP) is 1.60. The Morgan fingerprint density at radius 2 is 1.73 bits per heavy atom. The van der Waals surface area contributed by atoms with Gasteiger partial charge >= 0.3 is 5.63 Å². The van der Waals surface area contributed by atoms with Crippen molar-refractivity contribution in [3.63, 3.8) is 0 Å². The van der Waals surface area contributed by atoms with E-state index in [2.05, 4.69) is 26.8 Å². The Bertz CT molecular complexity index is 740. The summed E-state index contributed by atoms with van der Waals surface area (Å²) in [6.45, 7) is 11.1. The standard InChI is InChI=1S/C18H23NO3/c1-11-5-16-15(7-18(20)22-17(16)6-12(11)2)10-19-8-13(3)21-14(4)9-19/h5-7,13-14H,8-10H2,1-4H3/p+1/t13-,14+. The minimum atomic E-state index is -0.264. The Hall–Kier alpha value is -1.65. The van der Waals surface area contributed by atoms with Crippen LogP contribution in [0.15, 0.2) is 27.4 Å². The zero-order valence-corrected chi connectivity index (χ0v) is 13.7. The molecule has 1 aliphatic heterocycles. The molecule has 2 heterocycles. The zero-order chi connectivity index (χ0) is 15.9. The lowest BCUT2D eigenvalue weighted by Gasteiger charge is -2.32. The summed E-state index contributed by atoms with van der Waals surface area (Å²) >= 11 is 0. The Labute approximate surface area is 130 Å². The summed E-state index contributed by atoms with van der Waals surface area (Å²) in [5, 5.41) is 1.06. The van der Waals surface area contributed by atoms with Gasteiger partial charge in [-0.25, -0.2) is 4.79 Å². The average molecular weight is 302 g/mol. The van der Waals surface area contributed by atoms with Gasteiger partial charge in [0.1, 0.15) is 37.4 Å². The molecule has 4 heteroatoms. The number of morpholine rings is 1. The third-order valence-electron chi connectivity index (χ3n) is 4.50. The topological polar surface area (TPSA) is 43.9 Å². The fraction of sp³-hybridized carbons (Fsp3) is 0.500. The molecule has 1 fully saturated rings. The van der Waals surface area contributed by atoms with Gasteiger partial charge in [0.15, 0.2) is 0 Å². The van der Waals surface area contributed by atoms with E-state index in [9.17, 15) is 4.79 Å². The minimum absolute atomic E-state index is 0.258. The minimum Gasteiger partial charge on any atom is -0.423 e. The van der Waals surface area contributed by atoms with Crippen LogP contribution in [0.1, 0.15) is 30.5 Å². The number of quaternary nitrogens is 1. The van der Waals surface area contributed by atoms with Crippen LogP contribution in [0.2, 0.25) is 0 Å². The van der Waals surface area contributed by atoms with Crippen molar-refractivity contribution in [2.75, 3.05) is 13.1 Å². The van der Waals surface area contributed by atoms with Crippen LogP contribution < -0.4 is 10.5 Å². The van der Waals surface area contributed by atoms with E-state index in [-0.39, 0.29) is 17.8 Å². The number of nitrogens with one attached hydrogen (secondary N) is 1. The highest BCUT2D eigenvalue weighted by atomic mass is 16.5. The maximum atomic E-state index is 11.9. The van der Waals surface area contributed by atoms with Crippen LogP contribution in [0.4, 0.5) is 0 Å². The second-order valence-electron chi connectivity index (χ2n) is 6.62. The molecule has 0 amide bonds. The monoisotopic (exact) mass is 302 g/mol. The number of rotatable bonds is 2. The lowest BCUT2D eigenvalue weighted by atomic mass is 10.0. The molecule has 22 heavy (non-hydrogen) atoms. The van der Waals surface area contributed by atoms with E-state index in [4.69, 9.17) is 9.15 Å². The molecule has 3 atom stereocenters. The van der Waals surface area contributed by atoms with Crippen molar-refractivity contribution in [1.82, 2.24) is 0 Å². The summed E-state index contributed by atoms with van der Waals surface area (Å²) in [6.07, 6.45) is 0.517. The van der Waals surface area contributed by atoms with Gasteiger partial charge in [0, 0.05) is 17.0 Å².